The van der Waals surface area contributed by atoms with Crippen LogP contribution in [0.2, 0.25) is 0 Å². The van der Waals surface area contributed by atoms with Gasteiger partial charge in [0.2, 0.25) is 0 Å². The van der Waals surface area contributed by atoms with Gasteiger partial charge in [-0.25, -0.2) is 9.78 Å². The lowest BCUT2D eigenvalue weighted by atomic mass is 9.99. The van der Waals surface area contributed by atoms with Crippen LogP contribution in [0.15, 0.2) is 18.3 Å². The standard InChI is InChI=1S/C14H16N2O4/c17-11-6-9-1-2-10(7-11)16(9)13(18)8-3-4-15-12(5-8)14(19)20/h3-5,9-11,17H,1-2,6-7H2,(H,19,20). The fourth-order valence-corrected chi connectivity index (χ4v) is 3.31. The molecule has 3 rings (SSSR count). The largest absolute Gasteiger partial charge is 0.477 e. The molecule has 20 heavy (non-hydrogen) atoms. The maximum absolute atomic E-state index is 12.6. The minimum atomic E-state index is -1.14. The highest BCUT2D eigenvalue weighted by atomic mass is 16.4. The molecular weight excluding hydrogens is 260 g/mol. The number of aliphatic hydroxyl groups is 1. The van der Waals surface area contributed by atoms with Crippen molar-refractivity contribution in [2.45, 2.75) is 43.9 Å². The first-order chi connectivity index (χ1) is 9.56. The Kier molecular flexibility index (Phi) is 3.17. The van der Waals surface area contributed by atoms with Crippen molar-refractivity contribution >= 4 is 11.9 Å². The molecule has 2 aliphatic rings. The van der Waals surface area contributed by atoms with Crippen LogP contribution in [0.3, 0.4) is 0 Å². The van der Waals surface area contributed by atoms with Crippen molar-refractivity contribution in [3.63, 3.8) is 0 Å². The third-order valence-corrected chi connectivity index (χ3v) is 4.17. The number of hydrogen-bond donors (Lipinski definition) is 2. The summed E-state index contributed by atoms with van der Waals surface area (Å²) in [5.41, 5.74) is 0.228. The van der Waals surface area contributed by atoms with Gasteiger partial charge in [0.05, 0.1) is 6.10 Å². The Morgan fingerprint density at radius 3 is 2.50 bits per heavy atom. The first-order valence-electron chi connectivity index (χ1n) is 6.76. The Morgan fingerprint density at radius 1 is 1.25 bits per heavy atom. The predicted molar refractivity (Wildman–Crippen MR) is 69.4 cm³/mol. The maximum atomic E-state index is 12.6. The Labute approximate surface area is 116 Å². The van der Waals surface area contributed by atoms with E-state index < -0.39 is 5.97 Å². The molecule has 2 bridgehead atoms. The van der Waals surface area contributed by atoms with Gasteiger partial charge in [-0.15, -0.1) is 0 Å². The minimum Gasteiger partial charge on any atom is -0.477 e. The third-order valence-electron chi connectivity index (χ3n) is 4.17. The van der Waals surface area contributed by atoms with Crippen LogP contribution in [0.5, 0.6) is 0 Å². The molecule has 2 aliphatic heterocycles. The SMILES string of the molecule is O=C(O)c1cc(C(=O)N2C3CCC2CC(O)C3)ccn1. The second-order valence-electron chi connectivity index (χ2n) is 5.46. The average molecular weight is 276 g/mol. The molecule has 6 nitrogen and oxygen atoms in total. The number of aliphatic hydroxyl groups excluding tert-OH is 1. The Bertz CT molecular complexity index is 546. The molecule has 0 aromatic carbocycles. The van der Waals surface area contributed by atoms with Crippen LogP contribution in [0, 0.1) is 0 Å². The summed E-state index contributed by atoms with van der Waals surface area (Å²) >= 11 is 0. The normalized spacial score (nSPS) is 28.4. The van der Waals surface area contributed by atoms with Crippen LogP contribution in [-0.2, 0) is 0 Å². The summed E-state index contributed by atoms with van der Waals surface area (Å²) in [5.74, 6) is -1.30. The molecule has 106 valence electrons. The molecule has 2 unspecified atom stereocenters. The van der Waals surface area contributed by atoms with Gasteiger partial charge < -0.3 is 15.1 Å². The zero-order valence-electron chi connectivity index (χ0n) is 10.9. The van der Waals surface area contributed by atoms with Crippen molar-refractivity contribution in [1.82, 2.24) is 9.88 Å². The summed E-state index contributed by atoms with van der Waals surface area (Å²) in [5, 5.41) is 18.7. The van der Waals surface area contributed by atoms with Gasteiger partial charge in [-0.1, -0.05) is 0 Å². The lowest BCUT2D eigenvalue weighted by Gasteiger charge is -2.37. The summed E-state index contributed by atoms with van der Waals surface area (Å²) in [6.45, 7) is 0. The van der Waals surface area contributed by atoms with Crippen LogP contribution in [0.1, 0.15) is 46.5 Å². The van der Waals surface area contributed by atoms with E-state index in [0.29, 0.717) is 18.4 Å². The van der Waals surface area contributed by atoms with Crippen molar-refractivity contribution in [3.8, 4) is 0 Å². The molecule has 1 amide bonds. The number of carbonyl (C=O) groups excluding carboxylic acids is 1. The number of pyridine rings is 1. The zero-order chi connectivity index (χ0) is 14.3. The van der Waals surface area contributed by atoms with E-state index >= 15 is 0 Å². The summed E-state index contributed by atoms with van der Waals surface area (Å²) in [6.07, 6.45) is 4.05. The van der Waals surface area contributed by atoms with Crippen molar-refractivity contribution in [2.24, 2.45) is 0 Å². The molecule has 6 heteroatoms. The summed E-state index contributed by atoms with van der Waals surface area (Å²) in [4.78, 5) is 29.0. The van der Waals surface area contributed by atoms with Crippen molar-refractivity contribution < 1.29 is 19.8 Å². The summed E-state index contributed by atoms with van der Waals surface area (Å²) in [7, 11) is 0. The fourth-order valence-electron chi connectivity index (χ4n) is 3.31. The van der Waals surface area contributed by atoms with Crippen molar-refractivity contribution in [2.75, 3.05) is 0 Å². The van der Waals surface area contributed by atoms with Gasteiger partial charge in [0, 0.05) is 23.8 Å². The minimum absolute atomic E-state index is 0.0673. The number of nitrogens with zero attached hydrogens (tertiary/aromatic N) is 2. The number of carbonyl (C=O) groups is 2. The molecule has 0 saturated carbocycles. The van der Waals surface area contributed by atoms with E-state index in [2.05, 4.69) is 4.98 Å². The van der Waals surface area contributed by atoms with Gasteiger partial charge in [-0.05, 0) is 37.8 Å². The van der Waals surface area contributed by atoms with Gasteiger partial charge in [0.15, 0.2) is 0 Å². The molecule has 1 aromatic rings. The summed E-state index contributed by atoms with van der Waals surface area (Å²) in [6, 6.07) is 2.99. The van der Waals surface area contributed by atoms with Crippen molar-refractivity contribution in [1.29, 1.82) is 0 Å². The van der Waals surface area contributed by atoms with Crippen LogP contribution in [-0.4, -0.2) is 50.2 Å². The third kappa shape index (κ3) is 2.16. The molecule has 2 fully saturated rings. The number of amides is 1. The van der Waals surface area contributed by atoms with Gasteiger partial charge in [-0.3, -0.25) is 4.79 Å². The van der Waals surface area contributed by atoms with E-state index in [4.69, 9.17) is 5.11 Å². The number of carboxylic acid groups (broad SMARTS) is 1. The molecule has 2 N–H and O–H groups in total. The highest BCUT2D eigenvalue weighted by molar-refractivity contribution is 5.97. The Hall–Kier alpha value is -1.95. The number of aromatic nitrogens is 1. The van der Waals surface area contributed by atoms with Gasteiger partial charge in [0.25, 0.3) is 5.91 Å². The monoisotopic (exact) mass is 276 g/mol. The van der Waals surface area contributed by atoms with E-state index in [-0.39, 0.29) is 29.8 Å². The molecule has 2 saturated heterocycles. The number of aromatic carboxylic acids is 1. The molecule has 0 aliphatic carbocycles. The topological polar surface area (TPSA) is 90.7 Å². The molecule has 3 heterocycles. The van der Waals surface area contributed by atoms with Crippen LogP contribution in [0.25, 0.3) is 0 Å². The highest BCUT2D eigenvalue weighted by Gasteiger charge is 2.42. The number of fused-ring (bicyclic) bond motifs is 2. The number of rotatable bonds is 2. The molecule has 2 atom stereocenters. The number of hydrogen-bond acceptors (Lipinski definition) is 4. The van der Waals surface area contributed by atoms with E-state index in [0.717, 1.165) is 12.8 Å². The van der Waals surface area contributed by atoms with Crippen LogP contribution < -0.4 is 0 Å². The molecular formula is C14H16N2O4. The average Bonchev–Trinajstić information content (AvgIpc) is 2.70. The number of piperidine rings is 1. The highest BCUT2D eigenvalue weighted by Crippen LogP contribution is 2.36. The summed E-state index contributed by atoms with van der Waals surface area (Å²) < 4.78 is 0. The second-order valence-corrected chi connectivity index (χ2v) is 5.46. The fraction of sp³-hybridized carbons (Fsp3) is 0.500. The lowest BCUT2D eigenvalue weighted by Crippen LogP contribution is -2.48. The Balaban J connectivity index is 1.86. The van der Waals surface area contributed by atoms with E-state index in [1.54, 1.807) is 6.07 Å². The molecule has 0 spiro atoms. The van der Waals surface area contributed by atoms with Gasteiger partial charge >= 0.3 is 5.97 Å². The van der Waals surface area contributed by atoms with Gasteiger partial charge in [-0.2, -0.15) is 0 Å². The van der Waals surface area contributed by atoms with E-state index in [1.165, 1.54) is 12.3 Å². The first kappa shape index (κ1) is 13.1. The van der Waals surface area contributed by atoms with Gasteiger partial charge in [0.1, 0.15) is 5.69 Å². The quantitative estimate of drug-likeness (QED) is 0.837. The Morgan fingerprint density at radius 2 is 1.90 bits per heavy atom. The van der Waals surface area contributed by atoms with Crippen LogP contribution >= 0.6 is 0 Å². The van der Waals surface area contributed by atoms with Crippen LogP contribution in [0.4, 0.5) is 0 Å². The maximum Gasteiger partial charge on any atom is 0.354 e. The predicted octanol–water partition coefficient (Wildman–Crippen LogP) is 0.908. The van der Waals surface area contributed by atoms with Crippen molar-refractivity contribution in [3.05, 3.63) is 29.6 Å². The first-order valence-corrected chi connectivity index (χ1v) is 6.76. The lowest BCUT2D eigenvalue weighted by molar-refractivity contribution is 0.0287. The molecule has 1 aromatic heterocycles. The van der Waals surface area contributed by atoms with E-state index in [1.807, 2.05) is 4.90 Å². The number of carboxylic acids is 1. The smallest absolute Gasteiger partial charge is 0.354 e. The second kappa shape index (κ2) is 4.86. The van der Waals surface area contributed by atoms with E-state index in [9.17, 15) is 14.7 Å². The zero-order valence-corrected chi connectivity index (χ0v) is 10.9. The molecule has 0 radical (unpaired) electrons.